The van der Waals surface area contributed by atoms with Crippen molar-refractivity contribution in [2.24, 2.45) is 0 Å². The first kappa shape index (κ1) is 13.8. The molecule has 0 saturated heterocycles. The highest BCUT2D eigenvalue weighted by molar-refractivity contribution is 7.99. The summed E-state index contributed by atoms with van der Waals surface area (Å²) in [6.07, 6.45) is 0. The summed E-state index contributed by atoms with van der Waals surface area (Å²) in [7, 11) is 0. The Balaban J connectivity index is 2.34. The van der Waals surface area contributed by atoms with Crippen LogP contribution in [0.1, 0.15) is 0 Å². The van der Waals surface area contributed by atoms with Gasteiger partial charge in [0.2, 0.25) is 0 Å². The van der Waals surface area contributed by atoms with Crippen LogP contribution in [-0.4, -0.2) is 0 Å². The molecule has 0 radical (unpaired) electrons. The molecule has 0 heterocycles. The fourth-order valence-corrected chi connectivity index (χ4v) is 2.81. The Morgan fingerprint density at radius 3 is 2.33 bits per heavy atom. The molecule has 0 spiro atoms. The van der Waals surface area contributed by atoms with E-state index in [1.807, 2.05) is 0 Å². The molecule has 2 rings (SSSR count). The molecular formula is C12H7Cl3FNS. The summed E-state index contributed by atoms with van der Waals surface area (Å²) in [5.74, 6) is -0.535. The first-order chi connectivity index (χ1) is 8.47. The standard InChI is InChI=1S/C12H7Cl3FNS/c13-7-2-1-6(3-8(7)14)18-12-4-9(15)10(16)5-11(12)17/h1-5H,17H2. The lowest BCUT2D eigenvalue weighted by atomic mass is 10.3. The van der Waals surface area contributed by atoms with E-state index in [0.717, 1.165) is 4.90 Å². The molecule has 0 atom stereocenters. The molecule has 2 N–H and O–H groups in total. The number of anilines is 1. The molecule has 2 aromatic carbocycles. The second kappa shape index (κ2) is 5.57. The van der Waals surface area contributed by atoms with Crippen LogP contribution in [-0.2, 0) is 0 Å². The van der Waals surface area contributed by atoms with Gasteiger partial charge in [-0.05, 0) is 30.3 Å². The summed E-state index contributed by atoms with van der Waals surface area (Å²) in [4.78, 5) is 1.51. The van der Waals surface area contributed by atoms with Crippen LogP contribution >= 0.6 is 46.6 Å². The highest BCUT2D eigenvalue weighted by atomic mass is 35.5. The van der Waals surface area contributed by atoms with E-state index in [4.69, 9.17) is 40.5 Å². The molecular weight excluding hydrogens is 316 g/mol. The minimum atomic E-state index is -0.535. The van der Waals surface area contributed by atoms with Crippen molar-refractivity contribution < 1.29 is 4.39 Å². The molecule has 0 aliphatic carbocycles. The van der Waals surface area contributed by atoms with Gasteiger partial charge in [0.15, 0.2) is 0 Å². The largest absolute Gasteiger partial charge is 0.398 e. The van der Waals surface area contributed by atoms with Crippen LogP contribution in [0.4, 0.5) is 10.1 Å². The summed E-state index contributed by atoms with van der Waals surface area (Å²) in [5, 5.41) is 0.964. The lowest BCUT2D eigenvalue weighted by molar-refractivity contribution is 0.628. The number of hydrogen-bond acceptors (Lipinski definition) is 2. The molecule has 0 aliphatic heterocycles. The van der Waals surface area contributed by atoms with Crippen molar-refractivity contribution >= 4 is 52.3 Å². The molecule has 0 unspecified atom stereocenters. The third-order valence-corrected chi connectivity index (χ3v) is 4.26. The van der Waals surface area contributed by atoms with Gasteiger partial charge in [-0.3, -0.25) is 0 Å². The predicted molar refractivity (Wildman–Crippen MR) is 76.4 cm³/mol. The van der Waals surface area contributed by atoms with Crippen molar-refractivity contribution in [3.05, 3.63) is 51.2 Å². The average molecular weight is 323 g/mol. The number of hydrogen-bond donors (Lipinski definition) is 1. The maximum absolute atomic E-state index is 13.2. The second-order valence-corrected chi connectivity index (χ2v) is 5.82. The third kappa shape index (κ3) is 3.04. The van der Waals surface area contributed by atoms with E-state index in [2.05, 4.69) is 0 Å². The Hall–Kier alpha value is -0.610. The molecule has 0 fully saturated rings. The lowest BCUT2D eigenvalue weighted by Crippen LogP contribution is -1.91. The van der Waals surface area contributed by atoms with Crippen LogP contribution < -0.4 is 5.73 Å². The van der Waals surface area contributed by atoms with Gasteiger partial charge in [0.05, 0.1) is 15.1 Å². The van der Waals surface area contributed by atoms with E-state index >= 15 is 0 Å². The SMILES string of the molecule is Nc1cc(F)c(Cl)cc1Sc1ccc(Cl)c(Cl)c1. The van der Waals surface area contributed by atoms with Gasteiger partial charge in [0.1, 0.15) is 5.82 Å². The first-order valence-electron chi connectivity index (χ1n) is 4.85. The number of rotatable bonds is 2. The van der Waals surface area contributed by atoms with Gasteiger partial charge in [-0.1, -0.05) is 46.6 Å². The van der Waals surface area contributed by atoms with Crippen molar-refractivity contribution in [2.45, 2.75) is 9.79 Å². The summed E-state index contributed by atoms with van der Waals surface area (Å²) < 4.78 is 13.2. The minimum Gasteiger partial charge on any atom is -0.398 e. The van der Waals surface area contributed by atoms with E-state index in [0.29, 0.717) is 20.6 Å². The van der Waals surface area contributed by atoms with Crippen LogP contribution in [0.5, 0.6) is 0 Å². The van der Waals surface area contributed by atoms with E-state index in [1.165, 1.54) is 23.9 Å². The van der Waals surface area contributed by atoms with Gasteiger partial charge < -0.3 is 5.73 Å². The van der Waals surface area contributed by atoms with Crippen LogP contribution in [0.25, 0.3) is 0 Å². The van der Waals surface area contributed by atoms with Crippen molar-refractivity contribution in [3.8, 4) is 0 Å². The van der Waals surface area contributed by atoms with E-state index in [9.17, 15) is 4.39 Å². The molecule has 0 aromatic heterocycles. The Morgan fingerprint density at radius 2 is 1.67 bits per heavy atom. The zero-order chi connectivity index (χ0) is 13.3. The zero-order valence-corrected chi connectivity index (χ0v) is 12.0. The monoisotopic (exact) mass is 321 g/mol. The van der Waals surface area contributed by atoms with Crippen molar-refractivity contribution in [1.82, 2.24) is 0 Å². The topological polar surface area (TPSA) is 26.0 Å². The van der Waals surface area contributed by atoms with Crippen molar-refractivity contribution in [1.29, 1.82) is 0 Å². The second-order valence-electron chi connectivity index (χ2n) is 3.48. The van der Waals surface area contributed by atoms with Gasteiger partial charge in [-0.2, -0.15) is 0 Å². The van der Waals surface area contributed by atoms with E-state index < -0.39 is 5.82 Å². The average Bonchev–Trinajstić information content (AvgIpc) is 2.31. The molecule has 0 bridgehead atoms. The summed E-state index contributed by atoms with van der Waals surface area (Å²) in [6.45, 7) is 0. The molecule has 94 valence electrons. The third-order valence-electron chi connectivity index (χ3n) is 2.17. The lowest BCUT2D eigenvalue weighted by Gasteiger charge is -2.07. The van der Waals surface area contributed by atoms with Gasteiger partial charge >= 0.3 is 0 Å². The van der Waals surface area contributed by atoms with Gasteiger partial charge in [-0.15, -0.1) is 0 Å². The minimum absolute atomic E-state index is 0.0340. The molecule has 0 amide bonds. The molecule has 0 aliphatic rings. The first-order valence-corrected chi connectivity index (χ1v) is 6.80. The Labute approximate surface area is 123 Å². The Kier molecular flexibility index (Phi) is 4.28. The molecule has 2 aromatic rings. The normalized spacial score (nSPS) is 10.7. The predicted octanol–water partition coefficient (Wildman–Crippen LogP) is 5.52. The van der Waals surface area contributed by atoms with Crippen LogP contribution in [0, 0.1) is 5.82 Å². The number of nitrogens with two attached hydrogens (primary N) is 1. The van der Waals surface area contributed by atoms with E-state index in [1.54, 1.807) is 18.2 Å². The summed E-state index contributed by atoms with van der Waals surface area (Å²) in [6, 6.07) is 7.88. The molecule has 1 nitrogen and oxygen atoms in total. The van der Waals surface area contributed by atoms with Crippen LogP contribution in [0.15, 0.2) is 40.1 Å². The van der Waals surface area contributed by atoms with Crippen LogP contribution in [0.3, 0.4) is 0 Å². The molecule has 6 heteroatoms. The summed E-state index contributed by atoms with van der Waals surface area (Å²) in [5.41, 5.74) is 6.05. The van der Waals surface area contributed by atoms with Crippen molar-refractivity contribution in [3.63, 3.8) is 0 Å². The van der Waals surface area contributed by atoms with Crippen molar-refractivity contribution in [2.75, 3.05) is 5.73 Å². The fraction of sp³-hybridized carbons (Fsp3) is 0. The van der Waals surface area contributed by atoms with Crippen LogP contribution in [0.2, 0.25) is 15.1 Å². The highest BCUT2D eigenvalue weighted by Gasteiger charge is 2.08. The van der Waals surface area contributed by atoms with Gasteiger partial charge in [0, 0.05) is 15.5 Å². The van der Waals surface area contributed by atoms with Gasteiger partial charge in [0.25, 0.3) is 0 Å². The maximum atomic E-state index is 13.2. The number of nitrogen functional groups attached to an aromatic ring is 1. The maximum Gasteiger partial charge on any atom is 0.143 e. The molecule has 0 saturated carbocycles. The molecule has 18 heavy (non-hydrogen) atoms. The quantitative estimate of drug-likeness (QED) is 0.737. The fourth-order valence-electron chi connectivity index (χ4n) is 1.30. The van der Waals surface area contributed by atoms with Gasteiger partial charge in [-0.25, -0.2) is 4.39 Å². The number of benzene rings is 2. The number of halogens is 4. The Bertz CT molecular complexity index is 604. The smallest absolute Gasteiger partial charge is 0.143 e. The Morgan fingerprint density at radius 1 is 0.944 bits per heavy atom. The zero-order valence-electron chi connectivity index (χ0n) is 8.88. The van der Waals surface area contributed by atoms with E-state index in [-0.39, 0.29) is 5.02 Å². The summed E-state index contributed by atoms with van der Waals surface area (Å²) >= 11 is 18.8. The highest BCUT2D eigenvalue weighted by Crippen LogP contribution is 2.37.